The predicted octanol–water partition coefficient (Wildman–Crippen LogP) is 0.615. The molecule has 2 aliphatic rings. The van der Waals surface area contributed by atoms with E-state index in [1.54, 1.807) is 0 Å². The Morgan fingerprint density at radius 1 is 0.944 bits per heavy atom. The number of rotatable bonds is 4. The fourth-order valence-electron chi connectivity index (χ4n) is 1.96. The SMILES string of the molecule is O=P(O)(S)OC1COC2C(OP(=O)(O)S)COC12. The summed E-state index contributed by atoms with van der Waals surface area (Å²) in [4.78, 5) is 18.0. The molecule has 18 heavy (non-hydrogen) atoms. The fraction of sp³-hybridized carbons (Fsp3) is 1.00. The summed E-state index contributed by atoms with van der Waals surface area (Å²) in [6.45, 7) is -7.87. The van der Waals surface area contributed by atoms with Crippen LogP contribution in [0.5, 0.6) is 0 Å². The normalized spacial score (nSPS) is 42.2. The van der Waals surface area contributed by atoms with Gasteiger partial charge in [0.2, 0.25) is 0 Å². The van der Waals surface area contributed by atoms with Crippen molar-refractivity contribution >= 4 is 38.1 Å². The second-order valence-corrected chi connectivity index (χ2v) is 9.28. The van der Waals surface area contributed by atoms with Crippen LogP contribution >= 0.6 is 38.1 Å². The lowest BCUT2D eigenvalue weighted by molar-refractivity contribution is 0.0154. The van der Waals surface area contributed by atoms with E-state index in [2.05, 4.69) is 24.5 Å². The van der Waals surface area contributed by atoms with E-state index in [1.165, 1.54) is 0 Å². The van der Waals surface area contributed by atoms with Gasteiger partial charge in [0, 0.05) is 0 Å². The van der Waals surface area contributed by atoms with Crippen molar-refractivity contribution in [2.75, 3.05) is 13.2 Å². The van der Waals surface area contributed by atoms with Gasteiger partial charge in [0.1, 0.15) is 24.4 Å². The minimum atomic E-state index is -3.95. The summed E-state index contributed by atoms with van der Waals surface area (Å²) in [7, 11) is 0. The third kappa shape index (κ3) is 3.96. The molecule has 12 heteroatoms. The third-order valence-corrected chi connectivity index (χ3v) is 4.16. The van der Waals surface area contributed by atoms with Crippen LogP contribution in [0.3, 0.4) is 0 Å². The monoisotopic (exact) mass is 338 g/mol. The Kier molecular flexibility index (Phi) is 4.56. The molecule has 2 rings (SSSR count). The highest BCUT2D eigenvalue weighted by molar-refractivity contribution is 8.44. The van der Waals surface area contributed by atoms with Crippen molar-refractivity contribution in [3.8, 4) is 0 Å². The summed E-state index contributed by atoms with van der Waals surface area (Å²) in [6, 6.07) is 0. The van der Waals surface area contributed by atoms with E-state index < -0.39 is 38.0 Å². The Morgan fingerprint density at radius 2 is 1.28 bits per heavy atom. The Morgan fingerprint density at radius 3 is 1.56 bits per heavy atom. The number of hydrogen-bond donors (Lipinski definition) is 4. The van der Waals surface area contributed by atoms with Gasteiger partial charge >= 0.3 is 13.6 Å². The first-order chi connectivity index (χ1) is 8.16. The fourth-order valence-corrected chi connectivity index (χ4v) is 3.76. The average Bonchev–Trinajstić information content (AvgIpc) is 2.66. The molecule has 0 aliphatic carbocycles. The van der Waals surface area contributed by atoms with E-state index in [0.717, 1.165) is 0 Å². The highest BCUT2D eigenvalue weighted by Gasteiger charge is 2.51. The molecular weight excluding hydrogens is 326 g/mol. The Hall–Kier alpha value is 0.920. The van der Waals surface area contributed by atoms with Crippen molar-refractivity contribution < 1.29 is 37.4 Å². The topological polar surface area (TPSA) is 112 Å². The second kappa shape index (κ2) is 5.37. The van der Waals surface area contributed by atoms with Gasteiger partial charge in [0.05, 0.1) is 13.2 Å². The number of hydrogen-bond acceptors (Lipinski definition) is 6. The average molecular weight is 338 g/mol. The van der Waals surface area contributed by atoms with E-state index in [-0.39, 0.29) is 13.2 Å². The van der Waals surface area contributed by atoms with Crippen LogP contribution in [0.2, 0.25) is 0 Å². The summed E-state index contributed by atoms with van der Waals surface area (Å²) >= 11 is 6.80. The van der Waals surface area contributed by atoms with Crippen LogP contribution in [-0.4, -0.2) is 47.4 Å². The van der Waals surface area contributed by atoms with Gasteiger partial charge in [-0.05, 0) is 0 Å². The molecule has 6 atom stereocenters. The molecule has 0 saturated carbocycles. The largest absolute Gasteiger partial charge is 0.383 e. The minimum absolute atomic E-state index is 0.0165. The Bertz CT molecular complexity index is 368. The Labute approximate surface area is 113 Å². The maximum Gasteiger partial charge on any atom is 0.383 e. The van der Waals surface area contributed by atoms with Crippen molar-refractivity contribution in [1.82, 2.24) is 0 Å². The summed E-state index contributed by atoms with van der Waals surface area (Å²) in [6.07, 6.45) is -2.81. The minimum Gasteiger partial charge on any atom is -0.370 e. The maximum atomic E-state index is 11.0. The van der Waals surface area contributed by atoms with Gasteiger partial charge in [0.15, 0.2) is 0 Å². The second-order valence-electron chi connectivity index (χ2n) is 3.86. The lowest BCUT2D eigenvalue weighted by Gasteiger charge is -2.18. The summed E-state index contributed by atoms with van der Waals surface area (Å²) < 4.78 is 42.2. The third-order valence-electron chi connectivity index (χ3n) is 2.51. The van der Waals surface area contributed by atoms with Crippen molar-refractivity contribution in [1.29, 1.82) is 0 Å². The molecule has 2 fully saturated rings. The van der Waals surface area contributed by atoms with Crippen LogP contribution in [0.1, 0.15) is 0 Å². The molecule has 0 aromatic rings. The van der Waals surface area contributed by atoms with E-state index in [9.17, 15) is 9.13 Å². The van der Waals surface area contributed by atoms with Crippen LogP contribution in [0, 0.1) is 0 Å². The molecule has 2 aliphatic heterocycles. The van der Waals surface area contributed by atoms with Gasteiger partial charge < -0.3 is 19.3 Å². The predicted molar refractivity (Wildman–Crippen MR) is 66.8 cm³/mol. The molecular formula is C6H12O8P2S2. The highest BCUT2D eigenvalue weighted by atomic mass is 32.7. The lowest BCUT2D eigenvalue weighted by atomic mass is 10.1. The van der Waals surface area contributed by atoms with Crippen molar-refractivity contribution in [3.63, 3.8) is 0 Å². The first kappa shape index (κ1) is 15.3. The van der Waals surface area contributed by atoms with Crippen molar-refractivity contribution in [2.45, 2.75) is 24.4 Å². The van der Waals surface area contributed by atoms with E-state index in [1.807, 2.05) is 0 Å². The van der Waals surface area contributed by atoms with E-state index in [4.69, 9.17) is 28.3 Å². The molecule has 6 unspecified atom stereocenters. The molecule has 2 heterocycles. The first-order valence-electron chi connectivity index (χ1n) is 4.87. The zero-order chi connectivity index (χ0) is 13.6. The molecule has 8 nitrogen and oxygen atoms in total. The standard InChI is InChI=1S/C6H12O8P2S2/c7-15(8,17)13-3-1-11-6-4(2-12-5(3)6)14-16(9,10)18/h3-6H,1-2H2,(H2,7,8,17)(H2,9,10,18). The molecule has 0 amide bonds. The van der Waals surface area contributed by atoms with Gasteiger partial charge in [-0.25, -0.2) is 9.13 Å². The van der Waals surface area contributed by atoms with E-state index in [0.29, 0.717) is 0 Å². The smallest absolute Gasteiger partial charge is 0.370 e. The van der Waals surface area contributed by atoms with Crippen LogP contribution in [0.4, 0.5) is 0 Å². The van der Waals surface area contributed by atoms with Crippen molar-refractivity contribution in [3.05, 3.63) is 0 Å². The zero-order valence-electron chi connectivity index (χ0n) is 8.86. The molecule has 2 N–H and O–H groups in total. The number of fused-ring (bicyclic) bond motifs is 1. The van der Waals surface area contributed by atoms with Gasteiger partial charge in [-0.2, -0.15) is 0 Å². The van der Waals surface area contributed by atoms with E-state index >= 15 is 0 Å². The van der Waals surface area contributed by atoms with Gasteiger partial charge in [-0.1, -0.05) is 24.5 Å². The molecule has 0 spiro atoms. The molecule has 0 bridgehead atoms. The summed E-state index contributed by atoms with van der Waals surface area (Å²) in [5.41, 5.74) is 0. The summed E-state index contributed by atoms with van der Waals surface area (Å²) in [5.74, 6) is 0. The van der Waals surface area contributed by atoms with Crippen LogP contribution in [-0.2, 0) is 27.7 Å². The number of thiol groups is 2. The van der Waals surface area contributed by atoms with Gasteiger partial charge in [-0.3, -0.25) is 9.05 Å². The van der Waals surface area contributed by atoms with Crippen LogP contribution in [0.15, 0.2) is 0 Å². The molecule has 2 saturated heterocycles. The Balaban J connectivity index is 1.99. The molecule has 0 aromatic carbocycles. The highest BCUT2D eigenvalue weighted by Crippen LogP contribution is 2.52. The molecule has 0 radical (unpaired) electrons. The van der Waals surface area contributed by atoms with Gasteiger partial charge in [0.25, 0.3) is 0 Å². The first-order valence-corrected chi connectivity index (χ1v) is 10.3. The zero-order valence-corrected chi connectivity index (χ0v) is 12.4. The number of ether oxygens (including phenoxy) is 2. The van der Waals surface area contributed by atoms with Crippen molar-refractivity contribution in [2.24, 2.45) is 0 Å². The van der Waals surface area contributed by atoms with Crippen LogP contribution in [0.25, 0.3) is 0 Å². The maximum absolute atomic E-state index is 11.0. The quantitative estimate of drug-likeness (QED) is 0.436. The molecule has 106 valence electrons. The summed E-state index contributed by atoms with van der Waals surface area (Å²) in [5, 5.41) is 0. The lowest BCUT2D eigenvalue weighted by Crippen LogP contribution is -2.32. The van der Waals surface area contributed by atoms with Crippen LogP contribution < -0.4 is 0 Å². The van der Waals surface area contributed by atoms with Gasteiger partial charge in [-0.15, -0.1) is 0 Å². The molecule has 0 aromatic heterocycles.